The number of hydrogen-bond acceptors (Lipinski definition) is 5. The zero-order valence-electron chi connectivity index (χ0n) is 14.8. The molecule has 130 valence electrons. The van der Waals surface area contributed by atoms with E-state index in [1.54, 1.807) is 26.2 Å². The summed E-state index contributed by atoms with van der Waals surface area (Å²) in [6.07, 6.45) is 5.27. The summed E-state index contributed by atoms with van der Waals surface area (Å²) < 4.78 is 0. The van der Waals surface area contributed by atoms with E-state index in [-0.39, 0.29) is 0 Å². The highest BCUT2D eigenvalue weighted by atomic mass is 16.3. The SMILES string of the molecule is CC(C)(O)C#Cc1ccc(CN2CCN(c3cnccn3)CC2)cc1. The molecule has 5 nitrogen and oxygen atoms in total. The minimum Gasteiger partial charge on any atom is -0.378 e. The molecule has 0 atom stereocenters. The summed E-state index contributed by atoms with van der Waals surface area (Å²) in [5.41, 5.74) is 1.25. The van der Waals surface area contributed by atoms with Gasteiger partial charge in [-0.2, -0.15) is 0 Å². The van der Waals surface area contributed by atoms with Crippen LogP contribution in [-0.2, 0) is 6.54 Å². The molecule has 2 heterocycles. The van der Waals surface area contributed by atoms with Crippen molar-refractivity contribution >= 4 is 5.82 Å². The van der Waals surface area contributed by atoms with Gasteiger partial charge in [0.05, 0.1) is 6.20 Å². The maximum atomic E-state index is 9.66. The average molecular weight is 336 g/mol. The molecule has 0 unspecified atom stereocenters. The summed E-state index contributed by atoms with van der Waals surface area (Å²) in [7, 11) is 0. The van der Waals surface area contributed by atoms with Crippen LogP contribution < -0.4 is 4.90 Å². The predicted octanol–water partition coefficient (Wildman–Crippen LogP) is 1.92. The summed E-state index contributed by atoms with van der Waals surface area (Å²) >= 11 is 0. The highest BCUT2D eigenvalue weighted by Crippen LogP contribution is 2.14. The Hall–Kier alpha value is -2.42. The number of anilines is 1. The van der Waals surface area contributed by atoms with Gasteiger partial charge in [-0.05, 0) is 31.5 Å². The molecule has 1 N–H and O–H groups in total. The van der Waals surface area contributed by atoms with Crippen molar-refractivity contribution in [2.75, 3.05) is 31.1 Å². The first-order valence-electron chi connectivity index (χ1n) is 8.57. The van der Waals surface area contributed by atoms with Crippen LogP contribution in [-0.4, -0.2) is 51.8 Å². The van der Waals surface area contributed by atoms with E-state index in [1.807, 2.05) is 18.3 Å². The molecule has 1 aromatic carbocycles. The summed E-state index contributed by atoms with van der Waals surface area (Å²) in [6.45, 7) is 8.27. The molecule has 0 saturated carbocycles. The molecule has 1 aliphatic rings. The van der Waals surface area contributed by atoms with Crippen LogP contribution in [0.3, 0.4) is 0 Å². The van der Waals surface area contributed by atoms with Gasteiger partial charge in [-0.1, -0.05) is 24.0 Å². The number of benzene rings is 1. The number of aromatic nitrogens is 2. The first-order chi connectivity index (χ1) is 12.0. The molecule has 0 aliphatic carbocycles. The summed E-state index contributed by atoms with van der Waals surface area (Å²) in [6, 6.07) is 8.26. The van der Waals surface area contributed by atoms with Gasteiger partial charge < -0.3 is 10.0 Å². The Labute approximate surface area is 149 Å². The van der Waals surface area contributed by atoms with Crippen molar-refractivity contribution in [3.05, 3.63) is 54.0 Å². The fraction of sp³-hybridized carbons (Fsp3) is 0.400. The van der Waals surface area contributed by atoms with Gasteiger partial charge in [-0.25, -0.2) is 4.98 Å². The lowest BCUT2D eigenvalue weighted by Crippen LogP contribution is -2.46. The van der Waals surface area contributed by atoms with Gasteiger partial charge in [0.15, 0.2) is 0 Å². The summed E-state index contributed by atoms with van der Waals surface area (Å²) in [5, 5.41) is 9.66. The fourth-order valence-corrected chi connectivity index (χ4v) is 2.77. The Morgan fingerprint density at radius 1 is 1.08 bits per heavy atom. The Kier molecular flexibility index (Phi) is 5.32. The lowest BCUT2D eigenvalue weighted by Gasteiger charge is -2.35. The van der Waals surface area contributed by atoms with Crippen molar-refractivity contribution in [3.63, 3.8) is 0 Å². The quantitative estimate of drug-likeness (QED) is 0.868. The van der Waals surface area contributed by atoms with Crippen LogP contribution >= 0.6 is 0 Å². The van der Waals surface area contributed by atoms with Crippen molar-refractivity contribution in [2.45, 2.75) is 26.0 Å². The van der Waals surface area contributed by atoms with Crippen LogP contribution in [0.25, 0.3) is 0 Å². The molecular weight excluding hydrogens is 312 g/mol. The number of piperazine rings is 1. The molecule has 25 heavy (non-hydrogen) atoms. The predicted molar refractivity (Wildman–Crippen MR) is 99.1 cm³/mol. The summed E-state index contributed by atoms with van der Waals surface area (Å²) in [4.78, 5) is 13.2. The van der Waals surface area contributed by atoms with Gasteiger partial charge in [-0.15, -0.1) is 0 Å². The molecule has 2 aromatic rings. The van der Waals surface area contributed by atoms with E-state index >= 15 is 0 Å². The number of aliphatic hydroxyl groups is 1. The number of nitrogens with zero attached hydrogens (tertiary/aromatic N) is 4. The van der Waals surface area contributed by atoms with Gasteiger partial charge in [-0.3, -0.25) is 9.88 Å². The molecule has 0 amide bonds. The second-order valence-electron chi connectivity index (χ2n) is 6.83. The van der Waals surface area contributed by atoms with E-state index in [2.05, 4.69) is 43.7 Å². The smallest absolute Gasteiger partial charge is 0.147 e. The minimum absolute atomic E-state index is 0.929. The maximum absolute atomic E-state index is 9.66. The van der Waals surface area contributed by atoms with Crippen LogP contribution in [0.15, 0.2) is 42.9 Å². The van der Waals surface area contributed by atoms with E-state index in [0.717, 1.165) is 44.1 Å². The topological polar surface area (TPSA) is 52.5 Å². The van der Waals surface area contributed by atoms with E-state index in [9.17, 15) is 5.11 Å². The zero-order chi connectivity index (χ0) is 17.7. The van der Waals surface area contributed by atoms with Crippen molar-refractivity contribution in [2.24, 2.45) is 0 Å². The second-order valence-corrected chi connectivity index (χ2v) is 6.83. The Bertz CT molecular complexity index is 733. The third-order valence-electron chi connectivity index (χ3n) is 4.12. The second kappa shape index (κ2) is 7.64. The van der Waals surface area contributed by atoms with Crippen LogP contribution in [0.5, 0.6) is 0 Å². The average Bonchev–Trinajstić information content (AvgIpc) is 2.62. The fourth-order valence-electron chi connectivity index (χ4n) is 2.77. The first kappa shape index (κ1) is 17.4. The van der Waals surface area contributed by atoms with Crippen molar-refractivity contribution in [1.29, 1.82) is 0 Å². The standard InChI is InChI=1S/C20H24N4O/c1-20(2,25)8-7-17-3-5-18(6-4-17)16-23-11-13-24(14-12-23)19-15-21-9-10-22-19/h3-6,9-10,15,25H,11-14,16H2,1-2H3. The van der Waals surface area contributed by atoms with E-state index in [4.69, 9.17) is 0 Å². The van der Waals surface area contributed by atoms with Crippen LogP contribution in [0.2, 0.25) is 0 Å². The lowest BCUT2D eigenvalue weighted by atomic mass is 10.1. The third kappa shape index (κ3) is 5.28. The molecule has 1 saturated heterocycles. The van der Waals surface area contributed by atoms with Gasteiger partial charge in [0.1, 0.15) is 11.4 Å². The molecular formula is C20H24N4O. The third-order valence-corrected chi connectivity index (χ3v) is 4.12. The molecule has 3 rings (SSSR count). The lowest BCUT2D eigenvalue weighted by molar-refractivity contribution is 0.143. The van der Waals surface area contributed by atoms with E-state index < -0.39 is 5.60 Å². The van der Waals surface area contributed by atoms with Crippen LogP contribution in [0, 0.1) is 11.8 Å². The Balaban J connectivity index is 1.53. The van der Waals surface area contributed by atoms with Crippen molar-refractivity contribution < 1.29 is 5.11 Å². The monoisotopic (exact) mass is 336 g/mol. The Morgan fingerprint density at radius 3 is 2.40 bits per heavy atom. The van der Waals surface area contributed by atoms with Gasteiger partial charge in [0.2, 0.25) is 0 Å². The van der Waals surface area contributed by atoms with Crippen molar-refractivity contribution in [3.8, 4) is 11.8 Å². The molecule has 1 aliphatic heterocycles. The van der Waals surface area contributed by atoms with Gasteiger partial charge in [0.25, 0.3) is 0 Å². The van der Waals surface area contributed by atoms with Gasteiger partial charge >= 0.3 is 0 Å². The minimum atomic E-state index is -0.957. The molecule has 5 heteroatoms. The zero-order valence-corrected chi connectivity index (χ0v) is 14.8. The summed E-state index contributed by atoms with van der Waals surface area (Å²) in [5.74, 6) is 6.80. The number of rotatable bonds is 3. The first-order valence-corrected chi connectivity index (χ1v) is 8.57. The highest BCUT2D eigenvalue weighted by Gasteiger charge is 2.18. The highest BCUT2D eigenvalue weighted by molar-refractivity contribution is 5.38. The molecule has 0 bridgehead atoms. The normalized spacial score (nSPS) is 15.6. The van der Waals surface area contributed by atoms with Gasteiger partial charge in [0, 0.05) is 50.7 Å². The molecule has 1 aromatic heterocycles. The molecule has 0 spiro atoms. The van der Waals surface area contributed by atoms with Crippen LogP contribution in [0.1, 0.15) is 25.0 Å². The maximum Gasteiger partial charge on any atom is 0.147 e. The molecule has 1 fully saturated rings. The van der Waals surface area contributed by atoms with Crippen molar-refractivity contribution in [1.82, 2.24) is 14.9 Å². The van der Waals surface area contributed by atoms with E-state index in [0.29, 0.717) is 0 Å². The van der Waals surface area contributed by atoms with E-state index in [1.165, 1.54) is 5.56 Å². The van der Waals surface area contributed by atoms with Crippen LogP contribution in [0.4, 0.5) is 5.82 Å². The Morgan fingerprint density at radius 2 is 1.80 bits per heavy atom. The number of hydrogen-bond donors (Lipinski definition) is 1. The molecule has 0 radical (unpaired) electrons. The largest absolute Gasteiger partial charge is 0.378 e.